The predicted molar refractivity (Wildman–Crippen MR) is 108 cm³/mol. The van der Waals surface area contributed by atoms with Gasteiger partial charge in [0.2, 0.25) is 11.9 Å². The smallest absolute Gasteiger partial charge is 0.310 e. The van der Waals surface area contributed by atoms with Gasteiger partial charge < -0.3 is 10.2 Å². The van der Waals surface area contributed by atoms with E-state index in [2.05, 4.69) is 20.3 Å². The lowest BCUT2D eigenvalue weighted by Crippen LogP contribution is -2.43. The van der Waals surface area contributed by atoms with Gasteiger partial charge in [-0.25, -0.2) is 19.7 Å². The Morgan fingerprint density at radius 3 is 2.61 bits per heavy atom. The number of amides is 3. The number of hydrogen-bond donors (Lipinski definition) is 1. The third-order valence-electron chi connectivity index (χ3n) is 5.06. The molecule has 1 fully saturated rings. The van der Waals surface area contributed by atoms with Crippen LogP contribution in [0.3, 0.4) is 0 Å². The Morgan fingerprint density at radius 1 is 1.32 bits per heavy atom. The second kappa shape index (κ2) is 9.04. The van der Waals surface area contributed by atoms with E-state index in [0.717, 1.165) is 24.8 Å². The normalized spacial score (nSPS) is 17.7. The SMILES string of the molecule is CC[C@H](C)C1CN(c2ncc(Cl)cn2)C(=O)N1CC(=O)Nc1cc(C(F)(F)F)ccn1. The topological polar surface area (TPSA) is 91.3 Å². The number of pyridine rings is 1. The fourth-order valence-corrected chi connectivity index (χ4v) is 3.33. The van der Waals surface area contributed by atoms with Gasteiger partial charge in [-0.05, 0) is 18.1 Å². The van der Waals surface area contributed by atoms with Crippen LogP contribution in [0, 0.1) is 5.92 Å². The van der Waals surface area contributed by atoms with Gasteiger partial charge in [-0.15, -0.1) is 0 Å². The molecule has 0 saturated carbocycles. The number of rotatable bonds is 6. The largest absolute Gasteiger partial charge is 0.416 e. The number of anilines is 2. The fourth-order valence-electron chi connectivity index (χ4n) is 3.23. The van der Waals surface area contributed by atoms with Gasteiger partial charge in [0.1, 0.15) is 12.4 Å². The molecule has 2 atom stereocenters. The average molecular weight is 457 g/mol. The van der Waals surface area contributed by atoms with E-state index in [9.17, 15) is 22.8 Å². The summed E-state index contributed by atoms with van der Waals surface area (Å²) in [6, 6.07) is 0.767. The summed E-state index contributed by atoms with van der Waals surface area (Å²) in [4.78, 5) is 40.1. The molecular formula is C19H20ClF3N6O2. The summed E-state index contributed by atoms with van der Waals surface area (Å²) >= 11 is 5.80. The van der Waals surface area contributed by atoms with Gasteiger partial charge in [0.15, 0.2) is 0 Å². The van der Waals surface area contributed by atoms with Crippen LogP contribution < -0.4 is 10.2 Å². The molecule has 8 nitrogen and oxygen atoms in total. The molecule has 31 heavy (non-hydrogen) atoms. The molecule has 166 valence electrons. The Hall–Kier alpha value is -2.95. The van der Waals surface area contributed by atoms with Crippen LogP contribution in [0.15, 0.2) is 30.7 Å². The monoisotopic (exact) mass is 456 g/mol. The van der Waals surface area contributed by atoms with Crippen molar-refractivity contribution in [3.8, 4) is 0 Å². The van der Waals surface area contributed by atoms with Crippen molar-refractivity contribution in [3.05, 3.63) is 41.3 Å². The van der Waals surface area contributed by atoms with Crippen LogP contribution in [0.2, 0.25) is 5.02 Å². The van der Waals surface area contributed by atoms with Crippen molar-refractivity contribution >= 4 is 35.3 Å². The molecule has 12 heteroatoms. The van der Waals surface area contributed by atoms with Gasteiger partial charge in [0.25, 0.3) is 0 Å². The van der Waals surface area contributed by atoms with Gasteiger partial charge in [0, 0.05) is 6.20 Å². The molecule has 2 aromatic heterocycles. The molecule has 1 aliphatic heterocycles. The van der Waals surface area contributed by atoms with Crippen LogP contribution in [0.5, 0.6) is 0 Å². The number of hydrogen-bond acceptors (Lipinski definition) is 5. The van der Waals surface area contributed by atoms with Crippen molar-refractivity contribution < 1.29 is 22.8 Å². The lowest BCUT2D eigenvalue weighted by atomic mass is 9.99. The van der Waals surface area contributed by atoms with E-state index in [4.69, 9.17) is 11.6 Å². The van der Waals surface area contributed by atoms with Crippen LogP contribution in [-0.2, 0) is 11.0 Å². The summed E-state index contributed by atoms with van der Waals surface area (Å²) < 4.78 is 38.6. The Morgan fingerprint density at radius 2 is 2.00 bits per heavy atom. The van der Waals surface area contributed by atoms with E-state index in [1.165, 1.54) is 22.2 Å². The maximum atomic E-state index is 13.0. The number of nitrogens with one attached hydrogen (secondary N) is 1. The highest BCUT2D eigenvalue weighted by atomic mass is 35.5. The van der Waals surface area contributed by atoms with E-state index in [1.807, 2.05) is 13.8 Å². The zero-order valence-electron chi connectivity index (χ0n) is 16.7. The number of nitrogens with zero attached hydrogens (tertiary/aromatic N) is 5. The lowest BCUT2D eigenvalue weighted by molar-refractivity contribution is -0.137. The highest BCUT2D eigenvalue weighted by Gasteiger charge is 2.42. The molecule has 0 aliphatic carbocycles. The van der Waals surface area contributed by atoms with Crippen molar-refractivity contribution in [2.45, 2.75) is 32.5 Å². The second-order valence-electron chi connectivity index (χ2n) is 7.15. The number of carbonyl (C=O) groups excluding carboxylic acids is 2. The van der Waals surface area contributed by atoms with Gasteiger partial charge in [-0.1, -0.05) is 31.9 Å². The Kier molecular flexibility index (Phi) is 6.63. The van der Waals surface area contributed by atoms with Gasteiger partial charge in [-0.2, -0.15) is 13.2 Å². The minimum atomic E-state index is -4.56. The molecule has 2 aromatic rings. The molecule has 3 amide bonds. The summed E-state index contributed by atoms with van der Waals surface area (Å²) in [6.07, 6.45) is -0.121. The summed E-state index contributed by atoms with van der Waals surface area (Å²) in [5, 5.41) is 2.65. The number of alkyl halides is 3. The number of halogens is 4. The number of urea groups is 1. The molecule has 3 rings (SSSR count). The molecule has 1 aliphatic rings. The molecular weight excluding hydrogens is 437 g/mol. The van der Waals surface area contributed by atoms with Crippen molar-refractivity contribution in [2.24, 2.45) is 5.92 Å². The highest BCUT2D eigenvalue weighted by Crippen LogP contribution is 2.30. The highest BCUT2D eigenvalue weighted by molar-refractivity contribution is 6.30. The Balaban J connectivity index is 1.76. The van der Waals surface area contributed by atoms with Crippen LogP contribution >= 0.6 is 11.6 Å². The first-order valence-electron chi connectivity index (χ1n) is 9.49. The first-order valence-corrected chi connectivity index (χ1v) is 9.86. The summed E-state index contributed by atoms with van der Waals surface area (Å²) in [5.41, 5.74) is -0.932. The van der Waals surface area contributed by atoms with Crippen molar-refractivity contribution in [1.29, 1.82) is 0 Å². The molecule has 0 aromatic carbocycles. The van der Waals surface area contributed by atoms with Crippen molar-refractivity contribution in [2.75, 3.05) is 23.3 Å². The Bertz CT molecular complexity index is 956. The third-order valence-corrected chi connectivity index (χ3v) is 5.26. The van der Waals surface area contributed by atoms with E-state index in [-0.39, 0.29) is 36.8 Å². The van der Waals surface area contributed by atoms with E-state index in [1.54, 1.807) is 0 Å². The molecule has 3 heterocycles. The van der Waals surface area contributed by atoms with Crippen LogP contribution in [0.4, 0.5) is 29.7 Å². The third kappa shape index (κ3) is 5.22. The quantitative estimate of drug-likeness (QED) is 0.713. The fraction of sp³-hybridized carbons (Fsp3) is 0.421. The van der Waals surface area contributed by atoms with E-state index >= 15 is 0 Å². The molecule has 1 unspecified atom stereocenters. The van der Waals surface area contributed by atoms with E-state index < -0.39 is 23.7 Å². The number of carbonyl (C=O) groups is 2. The zero-order chi connectivity index (χ0) is 22.8. The van der Waals surface area contributed by atoms with Gasteiger partial charge in [-0.3, -0.25) is 9.69 Å². The van der Waals surface area contributed by atoms with Gasteiger partial charge in [0.05, 0.1) is 35.6 Å². The van der Waals surface area contributed by atoms with Crippen LogP contribution in [0.25, 0.3) is 0 Å². The predicted octanol–water partition coefficient (Wildman–Crippen LogP) is 3.84. The number of aromatic nitrogens is 3. The van der Waals surface area contributed by atoms with Crippen LogP contribution in [0.1, 0.15) is 25.8 Å². The van der Waals surface area contributed by atoms with Crippen molar-refractivity contribution in [1.82, 2.24) is 19.9 Å². The average Bonchev–Trinajstić information content (AvgIpc) is 3.04. The maximum absolute atomic E-state index is 13.0. The lowest BCUT2D eigenvalue weighted by Gasteiger charge is -2.26. The minimum absolute atomic E-state index is 0.0562. The minimum Gasteiger partial charge on any atom is -0.310 e. The first-order chi connectivity index (χ1) is 14.6. The summed E-state index contributed by atoms with van der Waals surface area (Å²) in [5.74, 6) is -0.692. The second-order valence-corrected chi connectivity index (χ2v) is 7.59. The summed E-state index contributed by atoms with van der Waals surface area (Å²) in [7, 11) is 0. The molecule has 1 N–H and O–H groups in total. The molecule has 1 saturated heterocycles. The Labute approximate surface area is 181 Å². The molecule has 0 radical (unpaired) electrons. The van der Waals surface area contributed by atoms with Crippen molar-refractivity contribution in [3.63, 3.8) is 0 Å². The standard InChI is InChI=1S/C19H20ClF3N6O2/c1-3-11(2)14-9-29(17-25-7-13(20)8-26-17)18(31)28(14)10-16(30)27-15-6-12(4-5-24-15)19(21,22)23/h4-8,11,14H,3,9-10H2,1-2H3,(H,24,27,30)/t11-,14?/m0/s1. The van der Waals surface area contributed by atoms with Gasteiger partial charge >= 0.3 is 12.2 Å². The first kappa shape index (κ1) is 22.7. The molecule has 0 spiro atoms. The zero-order valence-corrected chi connectivity index (χ0v) is 17.5. The molecule has 0 bridgehead atoms. The maximum Gasteiger partial charge on any atom is 0.416 e. The van der Waals surface area contributed by atoms with Crippen LogP contribution in [-0.4, -0.2) is 50.9 Å². The summed E-state index contributed by atoms with van der Waals surface area (Å²) in [6.45, 7) is 3.82. The van der Waals surface area contributed by atoms with E-state index in [0.29, 0.717) is 5.02 Å².